The number of nitrogen functional groups attached to an aromatic ring is 1. The highest BCUT2D eigenvalue weighted by atomic mass is 19.1. The van der Waals surface area contributed by atoms with Crippen LogP contribution in [0.1, 0.15) is 0 Å². The highest BCUT2D eigenvalue weighted by molar-refractivity contribution is 5.54. The summed E-state index contributed by atoms with van der Waals surface area (Å²) in [5.74, 6) is -1.40. The van der Waals surface area contributed by atoms with E-state index in [2.05, 4.69) is 0 Å². The van der Waals surface area contributed by atoms with Gasteiger partial charge in [-0.05, 0) is 24.3 Å². The third kappa shape index (κ3) is 1.95. The maximum atomic E-state index is 13.3. The van der Waals surface area contributed by atoms with Crippen molar-refractivity contribution >= 4 is 5.69 Å². The van der Waals surface area contributed by atoms with Crippen LogP contribution in [0.2, 0.25) is 0 Å². The van der Waals surface area contributed by atoms with Gasteiger partial charge in [-0.2, -0.15) is 0 Å². The molecular weight excluding hydrogens is 212 g/mol. The van der Waals surface area contributed by atoms with E-state index < -0.39 is 11.6 Å². The van der Waals surface area contributed by atoms with Gasteiger partial charge in [0.2, 0.25) is 0 Å². The molecule has 0 aliphatic heterocycles. The van der Waals surface area contributed by atoms with Crippen molar-refractivity contribution in [1.82, 2.24) is 0 Å². The lowest BCUT2D eigenvalue weighted by atomic mass is 10.3. The fourth-order valence-electron chi connectivity index (χ4n) is 1.27. The lowest BCUT2D eigenvalue weighted by molar-refractivity contribution is 0.417. The number of benzene rings is 2. The van der Waals surface area contributed by atoms with Crippen molar-refractivity contribution in [2.75, 3.05) is 5.73 Å². The van der Waals surface area contributed by atoms with Crippen LogP contribution in [0.3, 0.4) is 0 Å². The Bertz CT molecular complexity index is 494. The predicted molar refractivity (Wildman–Crippen MR) is 57.3 cm³/mol. The van der Waals surface area contributed by atoms with Crippen LogP contribution < -0.4 is 10.5 Å². The Labute approximate surface area is 91.3 Å². The summed E-state index contributed by atoms with van der Waals surface area (Å²) in [5, 5.41) is 0. The minimum Gasteiger partial charge on any atom is -0.449 e. The van der Waals surface area contributed by atoms with Gasteiger partial charge in [0.15, 0.2) is 23.1 Å². The van der Waals surface area contributed by atoms with Gasteiger partial charge in [0.25, 0.3) is 0 Å². The van der Waals surface area contributed by atoms with Crippen molar-refractivity contribution in [1.29, 1.82) is 0 Å². The molecule has 0 heterocycles. The maximum absolute atomic E-state index is 13.3. The summed E-state index contributed by atoms with van der Waals surface area (Å²) in [6.07, 6.45) is 0. The smallest absolute Gasteiger partial charge is 0.186 e. The number of rotatable bonds is 2. The molecule has 2 aromatic rings. The molecule has 0 saturated carbocycles. The van der Waals surface area contributed by atoms with Crippen LogP contribution in [0.4, 0.5) is 14.5 Å². The van der Waals surface area contributed by atoms with E-state index in [0.717, 1.165) is 0 Å². The monoisotopic (exact) mass is 221 g/mol. The Morgan fingerprint density at radius 1 is 0.875 bits per heavy atom. The van der Waals surface area contributed by atoms with E-state index >= 15 is 0 Å². The molecule has 2 aromatic carbocycles. The Balaban J connectivity index is 2.38. The SMILES string of the molecule is Nc1cccc(F)c1Oc1ccccc1F. The van der Waals surface area contributed by atoms with Gasteiger partial charge in [0.05, 0.1) is 5.69 Å². The molecule has 0 fully saturated rings. The third-order valence-electron chi connectivity index (χ3n) is 2.05. The molecule has 0 aliphatic rings. The van der Waals surface area contributed by atoms with Gasteiger partial charge < -0.3 is 10.5 Å². The number of ether oxygens (including phenoxy) is 1. The Morgan fingerprint density at radius 3 is 2.25 bits per heavy atom. The van der Waals surface area contributed by atoms with Crippen LogP contribution in [0.15, 0.2) is 42.5 Å². The summed E-state index contributed by atoms with van der Waals surface area (Å²) in [7, 11) is 0. The average Bonchev–Trinajstić information content (AvgIpc) is 2.26. The van der Waals surface area contributed by atoms with Gasteiger partial charge in [-0.25, -0.2) is 8.78 Å². The molecule has 2 nitrogen and oxygen atoms in total. The first-order valence-electron chi connectivity index (χ1n) is 4.65. The highest BCUT2D eigenvalue weighted by Crippen LogP contribution is 2.31. The van der Waals surface area contributed by atoms with Crippen LogP contribution in [-0.4, -0.2) is 0 Å². The van der Waals surface area contributed by atoms with Gasteiger partial charge in [0.1, 0.15) is 0 Å². The average molecular weight is 221 g/mol. The van der Waals surface area contributed by atoms with E-state index in [1.54, 1.807) is 6.07 Å². The van der Waals surface area contributed by atoms with Gasteiger partial charge in [-0.3, -0.25) is 0 Å². The second-order valence-electron chi connectivity index (χ2n) is 3.19. The van der Waals surface area contributed by atoms with E-state index in [1.807, 2.05) is 0 Å². The van der Waals surface area contributed by atoms with Crippen molar-refractivity contribution < 1.29 is 13.5 Å². The molecule has 2 N–H and O–H groups in total. The van der Waals surface area contributed by atoms with Crippen LogP contribution in [0.25, 0.3) is 0 Å². The second-order valence-corrected chi connectivity index (χ2v) is 3.19. The number of halogens is 2. The predicted octanol–water partition coefficient (Wildman–Crippen LogP) is 3.34. The fraction of sp³-hybridized carbons (Fsp3) is 0. The van der Waals surface area contributed by atoms with Crippen LogP contribution in [-0.2, 0) is 0 Å². The molecule has 0 bridgehead atoms. The molecule has 0 atom stereocenters. The summed E-state index contributed by atoms with van der Waals surface area (Å²) in [4.78, 5) is 0. The molecular formula is C12H9F2NO. The summed E-state index contributed by atoms with van der Waals surface area (Å²) in [5.41, 5.74) is 5.66. The normalized spacial score (nSPS) is 10.1. The van der Waals surface area contributed by atoms with Crippen LogP contribution in [0, 0.1) is 11.6 Å². The van der Waals surface area contributed by atoms with E-state index in [1.165, 1.54) is 36.4 Å². The summed E-state index contributed by atoms with van der Waals surface area (Å²) in [6.45, 7) is 0. The van der Waals surface area contributed by atoms with E-state index in [-0.39, 0.29) is 17.2 Å². The lowest BCUT2D eigenvalue weighted by Crippen LogP contribution is -1.96. The second kappa shape index (κ2) is 4.18. The molecule has 0 aromatic heterocycles. The van der Waals surface area contributed by atoms with E-state index in [9.17, 15) is 8.78 Å². The van der Waals surface area contributed by atoms with Gasteiger partial charge in [-0.1, -0.05) is 18.2 Å². The zero-order chi connectivity index (χ0) is 11.5. The van der Waals surface area contributed by atoms with Crippen molar-refractivity contribution in [2.24, 2.45) is 0 Å². The highest BCUT2D eigenvalue weighted by Gasteiger charge is 2.10. The van der Waals surface area contributed by atoms with Crippen molar-refractivity contribution in [2.45, 2.75) is 0 Å². The Hall–Kier alpha value is -2.10. The number of anilines is 1. The quantitative estimate of drug-likeness (QED) is 0.789. The molecule has 0 unspecified atom stereocenters. The fourth-order valence-corrected chi connectivity index (χ4v) is 1.27. The molecule has 0 spiro atoms. The van der Waals surface area contributed by atoms with Crippen molar-refractivity contribution in [3.8, 4) is 11.5 Å². The minimum atomic E-state index is -0.622. The largest absolute Gasteiger partial charge is 0.449 e. The van der Waals surface area contributed by atoms with E-state index in [4.69, 9.17) is 10.5 Å². The molecule has 82 valence electrons. The van der Waals surface area contributed by atoms with Crippen LogP contribution in [0.5, 0.6) is 11.5 Å². The number of hydrogen-bond acceptors (Lipinski definition) is 2. The topological polar surface area (TPSA) is 35.2 Å². The molecule has 16 heavy (non-hydrogen) atoms. The molecule has 2 rings (SSSR count). The minimum absolute atomic E-state index is 0.0562. The molecule has 0 saturated heterocycles. The van der Waals surface area contributed by atoms with Gasteiger partial charge in [-0.15, -0.1) is 0 Å². The summed E-state index contributed by atoms with van der Waals surface area (Å²) < 4.78 is 31.7. The molecule has 0 amide bonds. The summed E-state index contributed by atoms with van der Waals surface area (Å²) in [6, 6.07) is 9.89. The third-order valence-corrected chi connectivity index (χ3v) is 2.05. The standard InChI is InChI=1S/C12H9F2NO/c13-8-4-1-2-7-11(8)16-12-9(14)5-3-6-10(12)15/h1-7H,15H2. The van der Waals surface area contributed by atoms with Crippen LogP contribution >= 0.6 is 0 Å². The molecule has 0 radical (unpaired) electrons. The number of nitrogens with two attached hydrogens (primary N) is 1. The van der Waals surface area contributed by atoms with Crippen molar-refractivity contribution in [3.63, 3.8) is 0 Å². The molecule has 4 heteroatoms. The van der Waals surface area contributed by atoms with Crippen molar-refractivity contribution in [3.05, 3.63) is 54.1 Å². The summed E-state index contributed by atoms with van der Waals surface area (Å²) >= 11 is 0. The zero-order valence-corrected chi connectivity index (χ0v) is 8.28. The Morgan fingerprint density at radius 2 is 1.56 bits per heavy atom. The first-order valence-corrected chi connectivity index (χ1v) is 4.65. The molecule has 0 aliphatic carbocycles. The number of hydrogen-bond donors (Lipinski definition) is 1. The maximum Gasteiger partial charge on any atom is 0.186 e. The number of para-hydroxylation sites is 2. The van der Waals surface area contributed by atoms with Gasteiger partial charge in [0, 0.05) is 0 Å². The first kappa shape index (κ1) is 10.4. The lowest BCUT2D eigenvalue weighted by Gasteiger charge is -2.09. The zero-order valence-electron chi connectivity index (χ0n) is 8.28. The first-order chi connectivity index (χ1) is 7.68. The Kier molecular flexibility index (Phi) is 2.72. The van der Waals surface area contributed by atoms with Gasteiger partial charge >= 0.3 is 0 Å². The van der Waals surface area contributed by atoms with E-state index in [0.29, 0.717) is 0 Å².